The first-order chi connectivity index (χ1) is 14.4. The second-order valence-electron chi connectivity index (χ2n) is 7.80. The van der Waals surface area contributed by atoms with E-state index in [9.17, 15) is 9.59 Å². The second kappa shape index (κ2) is 10.3. The van der Waals surface area contributed by atoms with Gasteiger partial charge in [0, 0.05) is 22.8 Å². The highest BCUT2D eigenvalue weighted by molar-refractivity contribution is 7.11. The van der Waals surface area contributed by atoms with Gasteiger partial charge in [0.05, 0.1) is 12.8 Å². The Morgan fingerprint density at radius 3 is 2.33 bits per heavy atom. The van der Waals surface area contributed by atoms with E-state index in [-0.39, 0.29) is 30.0 Å². The lowest BCUT2D eigenvalue weighted by Gasteiger charge is -2.28. The molecule has 3 rings (SSSR count). The van der Waals surface area contributed by atoms with E-state index in [4.69, 9.17) is 4.42 Å². The molecule has 0 fully saturated rings. The van der Waals surface area contributed by atoms with Crippen LogP contribution in [-0.4, -0.2) is 34.7 Å². The Labute approximate surface area is 181 Å². The molecule has 6 heteroatoms. The van der Waals surface area contributed by atoms with Gasteiger partial charge in [0.2, 0.25) is 5.91 Å². The monoisotopic (exact) mass is 424 g/mol. The van der Waals surface area contributed by atoms with E-state index in [0.717, 1.165) is 10.4 Å². The smallest absolute Gasteiger partial charge is 0.290 e. The van der Waals surface area contributed by atoms with Gasteiger partial charge >= 0.3 is 0 Å². The predicted molar refractivity (Wildman–Crippen MR) is 119 cm³/mol. The molecule has 3 aromatic rings. The number of hydrogen-bond donors (Lipinski definition) is 0. The van der Waals surface area contributed by atoms with E-state index in [2.05, 4.69) is 19.1 Å². The third kappa shape index (κ3) is 6.07. The van der Waals surface area contributed by atoms with Crippen LogP contribution in [0.2, 0.25) is 0 Å². The third-order valence-corrected chi connectivity index (χ3v) is 5.63. The molecule has 0 atom stereocenters. The van der Waals surface area contributed by atoms with E-state index < -0.39 is 0 Å². The number of hydrogen-bond acceptors (Lipinski definition) is 4. The van der Waals surface area contributed by atoms with Crippen LogP contribution in [0, 0.1) is 12.8 Å². The molecule has 0 N–H and O–H groups in total. The molecule has 2 heterocycles. The number of carbonyl (C=O) groups is 2. The average molecular weight is 425 g/mol. The summed E-state index contributed by atoms with van der Waals surface area (Å²) in [7, 11) is 0. The Kier molecular flexibility index (Phi) is 7.46. The minimum atomic E-state index is -0.256. The molecule has 0 aliphatic heterocycles. The molecular weight excluding hydrogens is 396 g/mol. The van der Waals surface area contributed by atoms with Crippen molar-refractivity contribution in [3.63, 3.8) is 0 Å². The number of amides is 2. The summed E-state index contributed by atoms with van der Waals surface area (Å²) in [6.07, 6.45) is 1.48. The van der Waals surface area contributed by atoms with Crippen LogP contribution in [0.5, 0.6) is 0 Å². The van der Waals surface area contributed by atoms with Gasteiger partial charge in [-0.1, -0.05) is 44.2 Å². The first-order valence-corrected chi connectivity index (χ1v) is 10.9. The van der Waals surface area contributed by atoms with Crippen LogP contribution in [0.25, 0.3) is 0 Å². The predicted octanol–water partition coefficient (Wildman–Crippen LogP) is 4.98. The van der Waals surface area contributed by atoms with Gasteiger partial charge in [-0.15, -0.1) is 11.3 Å². The highest BCUT2D eigenvalue weighted by Crippen LogP contribution is 2.19. The summed E-state index contributed by atoms with van der Waals surface area (Å²) < 4.78 is 5.28. The number of furan rings is 1. The highest BCUT2D eigenvalue weighted by Gasteiger charge is 2.25. The quantitative estimate of drug-likeness (QED) is 0.487. The van der Waals surface area contributed by atoms with E-state index in [1.165, 1.54) is 11.1 Å². The van der Waals surface area contributed by atoms with Crippen LogP contribution in [0.4, 0.5) is 0 Å². The number of thiophene rings is 1. The highest BCUT2D eigenvalue weighted by atomic mass is 32.1. The molecule has 0 aliphatic carbocycles. The maximum Gasteiger partial charge on any atom is 0.290 e. The summed E-state index contributed by atoms with van der Waals surface area (Å²) >= 11 is 1.69. The Hall–Kier alpha value is -2.86. The number of benzene rings is 1. The van der Waals surface area contributed by atoms with Crippen LogP contribution >= 0.6 is 11.3 Å². The van der Waals surface area contributed by atoms with E-state index in [1.54, 1.807) is 28.4 Å². The van der Waals surface area contributed by atoms with Crippen LogP contribution in [0.15, 0.2) is 65.3 Å². The summed E-state index contributed by atoms with van der Waals surface area (Å²) in [5.41, 5.74) is 1.06. The van der Waals surface area contributed by atoms with E-state index in [1.807, 2.05) is 49.1 Å². The fraction of sp³-hybridized carbons (Fsp3) is 0.333. The lowest BCUT2D eigenvalue weighted by molar-refractivity contribution is -0.133. The zero-order valence-corrected chi connectivity index (χ0v) is 18.5. The molecule has 0 saturated carbocycles. The molecule has 5 nitrogen and oxygen atoms in total. The molecule has 0 spiro atoms. The van der Waals surface area contributed by atoms with Crippen molar-refractivity contribution in [2.75, 3.05) is 13.1 Å². The fourth-order valence-corrected chi connectivity index (χ4v) is 4.18. The summed E-state index contributed by atoms with van der Waals surface area (Å²) in [5, 5.41) is 0. The third-order valence-electron chi connectivity index (χ3n) is 4.64. The molecule has 158 valence electrons. The number of rotatable bonds is 9. The zero-order chi connectivity index (χ0) is 21.5. The first kappa shape index (κ1) is 21.8. The van der Waals surface area contributed by atoms with E-state index in [0.29, 0.717) is 19.6 Å². The van der Waals surface area contributed by atoms with Gasteiger partial charge in [0.1, 0.15) is 6.54 Å². The topological polar surface area (TPSA) is 53.8 Å². The number of nitrogens with zero attached hydrogens (tertiary/aromatic N) is 2. The number of carbonyl (C=O) groups excluding carboxylic acids is 2. The standard InChI is InChI=1S/C24H28N2O3S/c1-18(2)14-26(24(28)22-10-7-13-29-22)17-23(27)25(15-20-8-5-4-6-9-20)16-21-12-11-19(3)30-21/h4-13,18H,14-17H2,1-3H3. The van der Waals surface area contributed by atoms with Gasteiger partial charge < -0.3 is 14.2 Å². The van der Waals surface area contributed by atoms with Crippen molar-refractivity contribution in [3.05, 3.63) is 81.9 Å². The summed E-state index contributed by atoms with van der Waals surface area (Å²) in [6.45, 7) is 7.66. The summed E-state index contributed by atoms with van der Waals surface area (Å²) in [6, 6.07) is 17.4. The molecule has 0 bridgehead atoms. The van der Waals surface area contributed by atoms with Crippen molar-refractivity contribution in [1.82, 2.24) is 9.80 Å². The second-order valence-corrected chi connectivity index (χ2v) is 9.18. The van der Waals surface area contributed by atoms with Crippen molar-refractivity contribution in [1.29, 1.82) is 0 Å². The lowest BCUT2D eigenvalue weighted by atomic mass is 10.2. The molecule has 0 radical (unpaired) electrons. The molecule has 30 heavy (non-hydrogen) atoms. The van der Waals surface area contributed by atoms with Gasteiger partial charge in [-0.3, -0.25) is 9.59 Å². The molecule has 0 aliphatic rings. The van der Waals surface area contributed by atoms with Crippen LogP contribution < -0.4 is 0 Å². The maximum absolute atomic E-state index is 13.3. The van der Waals surface area contributed by atoms with Crippen molar-refractivity contribution in [2.24, 2.45) is 5.92 Å². The van der Waals surface area contributed by atoms with Gasteiger partial charge in [0.15, 0.2) is 5.76 Å². The largest absolute Gasteiger partial charge is 0.459 e. The van der Waals surface area contributed by atoms with Crippen LogP contribution in [0.3, 0.4) is 0 Å². The van der Waals surface area contributed by atoms with E-state index >= 15 is 0 Å². The SMILES string of the molecule is Cc1ccc(CN(Cc2ccccc2)C(=O)CN(CC(C)C)C(=O)c2ccco2)s1. The Morgan fingerprint density at radius 2 is 1.73 bits per heavy atom. The summed E-state index contributed by atoms with van der Waals surface area (Å²) in [5.74, 6) is 0.158. The van der Waals surface area contributed by atoms with Crippen molar-refractivity contribution < 1.29 is 14.0 Å². The molecule has 2 aromatic heterocycles. The van der Waals surface area contributed by atoms with Crippen molar-refractivity contribution in [3.8, 4) is 0 Å². The molecular formula is C24H28N2O3S. The van der Waals surface area contributed by atoms with Gasteiger partial charge in [-0.05, 0) is 42.7 Å². The van der Waals surface area contributed by atoms with Gasteiger partial charge in [0.25, 0.3) is 5.91 Å². The Morgan fingerprint density at radius 1 is 0.967 bits per heavy atom. The molecule has 0 saturated heterocycles. The molecule has 0 unspecified atom stereocenters. The van der Waals surface area contributed by atoms with Crippen molar-refractivity contribution in [2.45, 2.75) is 33.9 Å². The Bertz CT molecular complexity index is 948. The van der Waals surface area contributed by atoms with Crippen molar-refractivity contribution >= 4 is 23.2 Å². The van der Waals surface area contributed by atoms with Gasteiger partial charge in [-0.2, -0.15) is 0 Å². The zero-order valence-electron chi connectivity index (χ0n) is 17.7. The van der Waals surface area contributed by atoms with Crippen LogP contribution in [-0.2, 0) is 17.9 Å². The lowest BCUT2D eigenvalue weighted by Crippen LogP contribution is -2.43. The average Bonchev–Trinajstić information content (AvgIpc) is 3.39. The minimum absolute atomic E-state index is 0.0227. The first-order valence-electron chi connectivity index (χ1n) is 10.1. The maximum atomic E-state index is 13.3. The normalized spacial score (nSPS) is 10.9. The fourth-order valence-electron chi connectivity index (χ4n) is 3.27. The summed E-state index contributed by atoms with van der Waals surface area (Å²) in [4.78, 5) is 32.0. The van der Waals surface area contributed by atoms with Gasteiger partial charge in [-0.25, -0.2) is 0 Å². The Balaban J connectivity index is 1.79. The van der Waals surface area contributed by atoms with Crippen LogP contribution in [0.1, 0.15) is 39.7 Å². The minimum Gasteiger partial charge on any atom is -0.459 e. The molecule has 2 amide bonds. The molecule has 1 aromatic carbocycles. The number of aryl methyl sites for hydroxylation is 1.